The van der Waals surface area contributed by atoms with Gasteiger partial charge in [-0.25, -0.2) is 4.98 Å². The van der Waals surface area contributed by atoms with E-state index in [1.807, 2.05) is 29.6 Å². The van der Waals surface area contributed by atoms with E-state index in [-0.39, 0.29) is 11.8 Å². The van der Waals surface area contributed by atoms with Gasteiger partial charge in [-0.3, -0.25) is 4.79 Å². The number of rotatable bonds is 5. The molecule has 1 fully saturated rings. The summed E-state index contributed by atoms with van der Waals surface area (Å²) in [6.45, 7) is 0.658. The first-order valence-electron chi connectivity index (χ1n) is 6.34. The fourth-order valence-corrected chi connectivity index (χ4v) is 2.37. The summed E-state index contributed by atoms with van der Waals surface area (Å²) in [6.07, 6.45) is 2.04. The zero-order valence-corrected chi connectivity index (χ0v) is 11.2. The molecule has 5 heteroatoms. The molecule has 0 saturated heterocycles. The molecule has 0 bridgehead atoms. The number of anilines is 2. The molecule has 19 heavy (non-hydrogen) atoms. The van der Waals surface area contributed by atoms with Crippen LogP contribution < -0.4 is 10.6 Å². The maximum Gasteiger partial charge on any atom is 0.227 e. The van der Waals surface area contributed by atoms with Crippen LogP contribution >= 0.6 is 11.3 Å². The van der Waals surface area contributed by atoms with Gasteiger partial charge in [0.15, 0.2) is 0 Å². The van der Waals surface area contributed by atoms with Crippen LogP contribution in [0.1, 0.15) is 18.4 Å². The Hall–Kier alpha value is -1.88. The first-order chi connectivity index (χ1) is 9.33. The van der Waals surface area contributed by atoms with Gasteiger partial charge in [-0.15, -0.1) is 11.3 Å². The van der Waals surface area contributed by atoms with Gasteiger partial charge >= 0.3 is 0 Å². The summed E-state index contributed by atoms with van der Waals surface area (Å²) in [6, 6.07) is 7.87. The van der Waals surface area contributed by atoms with E-state index in [1.165, 1.54) is 0 Å². The topological polar surface area (TPSA) is 54.0 Å². The molecule has 0 spiro atoms. The van der Waals surface area contributed by atoms with Crippen LogP contribution in [0.4, 0.5) is 11.5 Å². The van der Waals surface area contributed by atoms with Crippen molar-refractivity contribution in [1.82, 2.24) is 4.98 Å². The number of nitrogens with one attached hydrogen (secondary N) is 2. The van der Waals surface area contributed by atoms with Crippen LogP contribution in [0.15, 0.2) is 35.2 Å². The second kappa shape index (κ2) is 5.40. The van der Waals surface area contributed by atoms with Gasteiger partial charge in [0.05, 0.1) is 5.51 Å². The summed E-state index contributed by atoms with van der Waals surface area (Å²) in [5.41, 5.74) is 3.76. The van der Waals surface area contributed by atoms with Crippen LogP contribution in [0.5, 0.6) is 0 Å². The average Bonchev–Trinajstić information content (AvgIpc) is 3.15. The van der Waals surface area contributed by atoms with E-state index < -0.39 is 0 Å². The molecule has 0 atom stereocenters. The summed E-state index contributed by atoms with van der Waals surface area (Å²) in [7, 11) is 0. The Morgan fingerprint density at radius 3 is 2.95 bits per heavy atom. The van der Waals surface area contributed by atoms with Gasteiger partial charge in [0.25, 0.3) is 0 Å². The van der Waals surface area contributed by atoms with E-state index in [0.29, 0.717) is 6.54 Å². The number of hydrogen-bond acceptors (Lipinski definition) is 4. The lowest BCUT2D eigenvalue weighted by molar-refractivity contribution is -0.117. The van der Waals surface area contributed by atoms with Gasteiger partial charge in [0.1, 0.15) is 5.82 Å². The third kappa shape index (κ3) is 3.12. The standard InChI is InChI=1S/C14H15N3OS/c18-14(10-5-6-10)17-12-4-2-1-3-11(12)7-15-13-8-19-9-16-13/h1-4,8-10,15H,5-7H2,(H,17,18). The van der Waals surface area contributed by atoms with Crippen LogP contribution in [0.25, 0.3) is 0 Å². The van der Waals surface area contributed by atoms with E-state index >= 15 is 0 Å². The molecule has 4 nitrogen and oxygen atoms in total. The number of thiazole rings is 1. The van der Waals surface area contributed by atoms with Crippen molar-refractivity contribution < 1.29 is 4.79 Å². The zero-order valence-electron chi connectivity index (χ0n) is 10.4. The van der Waals surface area contributed by atoms with Crippen molar-refractivity contribution in [3.8, 4) is 0 Å². The Morgan fingerprint density at radius 1 is 1.37 bits per heavy atom. The molecule has 1 amide bonds. The summed E-state index contributed by atoms with van der Waals surface area (Å²) >= 11 is 1.56. The van der Waals surface area contributed by atoms with E-state index in [9.17, 15) is 4.79 Å². The Kier molecular flexibility index (Phi) is 3.46. The number of nitrogens with zero attached hydrogens (tertiary/aromatic N) is 1. The van der Waals surface area contributed by atoms with Gasteiger partial charge in [0.2, 0.25) is 5.91 Å². The number of benzene rings is 1. The normalized spacial score (nSPS) is 14.1. The Morgan fingerprint density at radius 2 is 2.21 bits per heavy atom. The van der Waals surface area contributed by atoms with Crippen LogP contribution in [-0.4, -0.2) is 10.9 Å². The molecule has 0 radical (unpaired) electrons. The molecule has 2 N–H and O–H groups in total. The van der Waals surface area contributed by atoms with Crippen molar-refractivity contribution in [1.29, 1.82) is 0 Å². The fourth-order valence-electron chi connectivity index (χ4n) is 1.86. The second-order valence-corrected chi connectivity index (χ2v) is 5.37. The highest BCUT2D eigenvalue weighted by Gasteiger charge is 2.29. The Labute approximate surface area is 115 Å². The molecule has 1 aliphatic carbocycles. The highest BCUT2D eigenvalue weighted by atomic mass is 32.1. The van der Waals surface area contributed by atoms with Gasteiger partial charge < -0.3 is 10.6 Å². The molecular formula is C14H15N3OS. The van der Waals surface area contributed by atoms with E-state index in [4.69, 9.17) is 0 Å². The third-order valence-electron chi connectivity index (χ3n) is 3.12. The number of carbonyl (C=O) groups excluding carboxylic acids is 1. The highest BCUT2D eigenvalue weighted by Crippen LogP contribution is 2.30. The molecule has 2 aromatic rings. The van der Waals surface area contributed by atoms with E-state index in [2.05, 4.69) is 15.6 Å². The quantitative estimate of drug-likeness (QED) is 0.880. The molecule has 1 heterocycles. The van der Waals surface area contributed by atoms with Crippen molar-refractivity contribution in [3.05, 3.63) is 40.7 Å². The lowest BCUT2D eigenvalue weighted by Crippen LogP contribution is -2.15. The summed E-state index contributed by atoms with van der Waals surface area (Å²) in [5.74, 6) is 1.23. The van der Waals surface area contributed by atoms with Crippen molar-refractivity contribution in [2.24, 2.45) is 5.92 Å². The Bertz CT molecular complexity index is 564. The van der Waals surface area contributed by atoms with Crippen LogP contribution in [0.3, 0.4) is 0 Å². The number of carbonyl (C=O) groups is 1. The number of para-hydroxylation sites is 1. The first-order valence-corrected chi connectivity index (χ1v) is 7.28. The fraction of sp³-hybridized carbons (Fsp3) is 0.286. The summed E-state index contributed by atoms with van der Waals surface area (Å²) in [5, 5.41) is 8.22. The molecule has 0 unspecified atom stereocenters. The predicted octanol–water partition coefficient (Wildman–Crippen LogP) is 3.10. The van der Waals surface area contributed by atoms with Crippen molar-refractivity contribution in [2.45, 2.75) is 19.4 Å². The average molecular weight is 273 g/mol. The molecule has 3 rings (SSSR count). The zero-order chi connectivity index (χ0) is 13.1. The first kappa shape index (κ1) is 12.2. The van der Waals surface area contributed by atoms with Crippen LogP contribution in [0.2, 0.25) is 0 Å². The van der Waals surface area contributed by atoms with Gasteiger partial charge in [-0.1, -0.05) is 18.2 Å². The minimum atomic E-state index is 0.140. The molecule has 0 aliphatic heterocycles. The number of hydrogen-bond donors (Lipinski definition) is 2. The monoisotopic (exact) mass is 273 g/mol. The van der Waals surface area contributed by atoms with Crippen molar-refractivity contribution in [2.75, 3.05) is 10.6 Å². The van der Waals surface area contributed by atoms with Gasteiger partial charge in [0, 0.05) is 23.5 Å². The smallest absolute Gasteiger partial charge is 0.227 e. The minimum absolute atomic E-state index is 0.140. The number of amides is 1. The van der Waals surface area contributed by atoms with Crippen LogP contribution in [-0.2, 0) is 11.3 Å². The molecule has 1 saturated carbocycles. The molecular weight excluding hydrogens is 258 g/mol. The lowest BCUT2D eigenvalue weighted by Gasteiger charge is -2.11. The molecule has 1 aliphatic rings. The Balaban J connectivity index is 1.67. The van der Waals surface area contributed by atoms with Crippen molar-refractivity contribution >= 4 is 28.7 Å². The minimum Gasteiger partial charge on any atom is -0.365 e. The second-order valence-electron chi connectivity index (χ2n) is 4.65. The largest absolute Gasteiger partial charge is 0.365 e. The van der Waals surface area contributed by atoms with E-state index in [0.717, 1.165) is 29.9 Å². The maximum absolute atomic E-state index is 11.8. The SMILES string of the molecule is O=C(Nc1ccccc1CNc1cscn1)C1CC1. The van der Waals surface area contributed by atoms with E-state index in [1.54, 1.807) is 16.8 Å². The lowest BCUT2D eigenvalue weighted by atomic mass is 10.1. The third-order valence-corrected chi connectivity index (χ3v) is 3.70. The molecule has 1 aromatic heterocycles. The number of aromatic nitrogens is 1. The van der Waals surface area contributed by atoms with Crippen LogP contribution in [0, 0.1) is 5.92 Å². The maximum atomic E-state index is 11.8. The van der Waals surface area contributed by atoms with Gasteiger partial charge in [-0.05, 0) is 24.5 Å². The van der Waals surface area contributed by atoms with Gasteiger partial charge in [-0.2, -0.15) is 0 Å². The molecule has 98 valence electrons. The predicted molar refractivity (Wildman–Crippen MR) is 77.2 cm³/mol. The summed E-state index contributed by atoms with van der Waals surface area (Å²) in [4.78, 5) is 16.0. The summed E-state index contributed by atoms with van der Waals surface area (Å²) < 4.78 is 0. The highest BCUT2D eigenvalue weighted by molar-refractivity contribution is 7.07. The van der Waals surface area contributed by atoms with Crippen molar-refractivity contribution in [3.63, 3.8) is 0 Å². The molecule has 1 aromatic carbocycles.